The zero-order chi connectivity index (χ0) is 16.5. The van der Waals surface area contributed by atoms with Gasteiger partial charge in [0, 0.05) is 0 Å². The van der Waals surface area contributed by atoms with Gasteiger partial charge in [0.25, 0.3) is 5.91 Å². The SMILES string of the molecule is CCCCOc1ccccc1NC(=O)COc1cccc(C)c1. The summed E-state index contributed by atoms with van der Waals surface area (Å²) in [6, 6.07) is 15.1. The molecule has 0 fully saturated rings. The average Bonchev–Trinajstić information content (AvgIpc) is 2.55. The molecule has 23 heavy (non-hydrogen) atoms. The third kappa shape index (κ3) is 5.66. The lowest BCUT2D eigenvalue weighted by atomic mass is 10.2. The summed E-state index contributed by atoms with van der Waals surface area (Å²) in [4.78, 5) is 12.1. The van der Waals surface area contributed by atoms with Gasteiger partial charge >= 0.3 is 0 Å². The van der Waals surface area contributed by atoms with E-state index in [1.807, 2.05) is 55.5 Å². The molecule has 0 aliphatic rings. The molecule has 2 rings (SSSR count). The van der Waals surface area contributed by atoms with Gasteiger partial charge in [-0.15, -0.1) is 0 Å². The largest absolute Gasteiger partial charge is 0.491 e. The molecule has 0 atom stereocenters. The molecule has 0 aromatic heterocycles. The number of aryl methyl sites for hydroxylation is 1. The molecule has 2 aromatic rings. The Morgan fingerprint density at radius 3 is 2.70 bits per heavy atom. The fraction of sp³-hybridized carbons (Fsp3) is 0.316. The van der Waals surface area contributed by atoms with Crippen molar-refractivity contribution in [2.24, 2.45) is 0 Å². The quantitative estimate of drug-likeness (QED) is 0.743. The van der Waals surface area contributed by atoms with Crippen LogP contribution in [0.3, 0.4) is 0 Å². The molecule has 0 saturated heterocycles. The van der Waals surface area contributed by atoms with Gasteiger partial charge in [0.1, 0.15) is 11.5 Å². The van der Waals surface area contributed by atoms with Crippen molar-refractivity contribution in [1.82, 2.24) is 0 Å². The molecule has 0 heterocycles. The molecule has 0 radical (unpaired) electrons. The number of anilines is 1. The number of rotatable bonds is 8. The van der Waals surface area contributed by atoms with E-state index in [1.165, 1.54) is 0 Å². The van der Waals surface area contributed by atoms with E-state index in [2.05, 4.69) is 12.2 Å². The molecule has 122 valence electrons. The van der Waals surface area contributed by atoms with Crippen LogP contribution >= 0.6 is 0 Å². The van der Waals surface area contributed by atoms with Crippen LogP contribution in [0.25, 0.3) is 0 Å². The number of carbonyl (C=O) groups excluding carboxylic acids is 1. The monoisotopic (exact) mass is 313 g/mol. The second kappa shape index (κ2) is 8.83. The summed E-state index contributed by atoms with van der Waals surface area (Å²) in [5, 5.41) is 2.83. The Morgan fingerprint density at radius 1 is 1.09 bits per heavy atom. The van der Waals surface area contributed by atoms with Gasteiger partial charge < -0.3 is 14.8 Å². The van der Waals surface area contributed by atoms with Crippen molar-refractivity contribution in [3.8, 4) is 11.5 Å². The lowest BCUT2D eigenvalue weighted by molar-refractivity contribution is -0.118. The maximum Gasteiger partial charge on any atom is 0.262 e. The maximum atomic E-state index is 12.1. The van der Waals surface area contributed by atoms with Crippen LogP contribution in [-0.4, -0.2) is 19.1 Å². The molecule has 0 saturated carbocycles. The van der Waals surface area contributed by atoms with Crippen LogP contribution in [0, 0.1) is 6.92 Å². The summed E-state index contributed by atoms with van der Waals surface area (Å²) in [7, 11) is 0. The van der Waals surface area contributed by atoms with E-state index >= 15 is 0 Å². The first-order valence-electron chi connectivity index (χ1n) is 7.90. The number of carbonyl (C=O) groups is 1. The molecule has 4 heteroatoms. The van der Waals surface area contributed by atoms with Crippen molar-refractivity contribution < 1.29 is 14.3 Å². The Bertz CT molecular complexity index is 640. The van der Waals surface area contributed by atoms with Crippen molar-refractivity contribution in [1.29, 1.82) is 0 Å². The topological polar surface area (TPSA) is 47.6 Å². The van der Waals surface area contributed by atoms with Gasteiger partial charge in [-0.25, -0.2) is 0 Å². The van der Waals surface area contributed by atoms with Crippen LogP contribution in [0.2, 0.25) is 0 Å². The van der Waals surface area contributed by atoms with Crippen LogP contribution in [0.1, 0.15) is 25.3 Å². The van der Waals surface area contributed by atoms with Gasteiger partial charge in [-0.1, -0.05) is 37.6 Å². The highest BCUT2D eigenvalue weighted by molar-refractivity contribution is 5.93. The maximum absolute atomic E-state index is 12.1. The lowest BCUT2D eigenvalue weighted by Gasteiger charge is -2.12. The molecule has 0 aliphatic carbocycles. The molecular formula is C19H23NO3. The van der Waals surface area contributed by atoms with Crippen molar-refractivity contribution >= 4 is 11.6 Å². The van der Waals surface area contributed by atoms with Crippen molar-refractivity contribution in [2.75, 3.05) is 18.5 Å². The normalized spacial score (nSPS) is 10.2. The first kappa shape index (κ1) is 16.9. The molecule has 0 bridgehead atoms. The number of ether oxygens (including phenoxy) is 2. The molecule has 0 unspecified atom stereocenters. The van der Waals surface area contributed by atoms with Crippen LogP contribution in [-0.2, 0) is 4.79 Å². The van der Waals surface area contributed by atoms with Crippen molar-refractivity contribution in [3.05, 3.63) is 54.1 Å². The van der Waals surface area contributed by atoms with E-state index in [-0.39, 0.29) is 12.5 Å². The third-order valence-corrected chi connectivity index (χ3v) is 3.28. The highest BCUT2D eigenvalue weighted by Crippen LogP contribution is 2.24. The van der Waals surface area contributed by atoms with Gasteiger partial charge in [-0.05, 0) is 43.2 Å². The van der Waals surface area contributed by atoms with E-state index in [0.29, 0.717) is 23.8 Å². The summed E-state index contributed by atoms with van der Waals surface area (Å²) >= 11 is 0. The predicted molar refractivity (Wildman–Crippen MR) is 92.1 cm³/mol. The summed E-state index contributed by atoms with van der Waals surface area (Å²) in [6.45, 7) is 4.70. The van der Waals surface area contributed by atoms with Gasteiger partial charge in [-0.3, -0.25) is 4.79 Å². The molecule has 2 aromatic carbocycles. The zero-order valence-electron chi connectivity index (χ0n) is 13.7. The summed E-state index contributed by atoms with van der Waals surface area (Å²) in [5.41, 5.74) is 1.76. The van der Waals surface area contributed by atoms with E-state index in [4.69, 9.17) is 9.47 Å². The number of hydrogen-bond donors (Lipinski definition) is 1. The van der Waals surface area contributed by atoms with Crippen LogP contribution in [0.4, 0.5) is 5.69 Å². The van der Waals surface area contributed by atoms with Gasteiger partial charge in [0.05, 0.1) is 12.3 Å². The highest BCUT2D eigenvalue weighted by Gasteiger charge is 2.08. The number of para-hydroxylation sites is 2. The van der Waals surface area contributed by atoms with E-state index < -0.39 is 0 Å². The Morgan fingerprint density at radius 2 is 1.91 bits per heavy atom. The number of amides is 1. The highest BCUT2D eigenvalue weighted by atomic mass is 16.5. The van der Waals surface area contributed by atoms with Crippen LogP contribution in [0.15, 0.2) is 48.5 Å². The third-order valence-electron chi connectivity index (χ3n) is 3.28. The summed E-state index contributed by atoms with van der Waals surface area (Å²) in [5.74, 6) is 1.16. The minimum absolute atomic E-state index is 0.0350. The number of hydrogen-bond acceptors (Lipinski definition) is 3. The standard InChI is InChI=1S/C19H23NO3/c1-3-4-12-22-18-11-6-5-10-17(18)20-19(21)14-23-16-9-7-8-15(2)13-16/h5-11,13H,3-4,12,14H2,1-2H3,(H,20,21). The van der Waals surface area contributed by atoms with Crippen LogP contribution in [0.5, 0.6) is 11.5 Å². The van der Waals surface area contributed by atoms with Crippen molar-refractivity contribution in [2.45, 2.75) is 26.7 Å². The minimum atomic E-state index is -0.210. The second-order valence-electron chi connectivity index (χ2n) is 5.35. The summed E-state index contributed by atoms with van der Waals surface area (Å²) < 4.78 is 11.2. The fourth-order valence-corrected chi connectivity index (χ4v) is 2.06. The Balaban J connectivity index is 1.89. The zero-order valence-corrected chi connectivity index (χ0v) is 13.7. The first-order chi connectivity index (χ1) is 11.2. The number of nitrogens with one attached hydrogen (secondary N) is 1. The number of benzene rings is 2. The Labute approximate surface area is 137 Å². The van der Waals surface area contributed by atoms with Crippen LogP contribution < -0.4 is 14.8 Å². The number of unbranched alkanes of at least 4 members (excludes halogenated alkanes) is 1. The van der Waals surface area contributed by atoms with Gasteiger partial charge in [-0.2, -0.15) is 0 Å². The molecular weight excluding hydrogens is 290 g/mol. The average molecular weight is 313 g/mol. The second-order valence-corrected chi connectivity index (χ2v) is 5.35. The predicted octanol–water partition coefficient (Wildman–Crippen LogP) is 4.19. The molecule has 1 N–H and O–H groups in total. The first-order valence-corrected chi connectivity index (χ1v) is 7.90. The molecule has 4 nitrogen and oxygen atoms in total. The molecule has 0 aliphatic heterocycles. The van der Waals surface area contributed by atoms with E-state index in [0.717, 1.165) is 18.4 Å². The van der Waals surface area contributed by atoms with E-state index in [1.54, 1.807) is 0 Å². The van der Waals surface area contributed by atoms with E-state index in [9.17, 15) is 4.79 Å². The van der Waals surface area contributed by atoms with Gasteiger partial charge in [0.15, 0.2) is 6.61 Å². The Kier molecular flexibility index (Phi) is 6.48. The lowest BCUT2D eigenvalue weighted by Crippen LogP contribution is -2.20. The van der Waals surface area contributed by atoms with Crippen molar-refractivity contribution in [3.63, 3.8) is 0 Å². The fourth-order valence-electron chi connectivity index (χ4n) is 2.06. The molecule has 1 amide bonds. The summed E-state index contributed by atoms with van der Waals surface area (Å²) in [6.07, 6.45) is 2.05. The smallest absolute Gasteiger partial charge is 0.262 e. The molecule has 0 spiro atoms. The minimum Gasteiger partial charge on any atom is -0.491 e. The Hall–Kier alpha value is -2.49. The van der Waals surface area contributed by atoms with Gasteiger partial charge in [0.2, 0.25) is 0 Å².